The molecular formula is C21H19N5OS2. The van der Waals surface area contributed by atoms with Gasteiger partial charge in [0.2, 0.25) is 5.13 Å². The Balaban J connectivity index is 1.41. The number of ether oxygens (including phenoxy) is 1. The van der Waals surface area contributed by atoms with Crippen molar-refractivity contribution < 1.29 is 4.74 Å². The molecule has 1 unspecified atom stereocenters. The first kappa shape index (κ1) is 18.5. The van der Waals surface area contributed by atoms with Crippen molar-refractivity contribution in [1.82, 2.24) is 20.2 Å². The molecule has 0 radical (unpaired) electrons. The van der Waals surface area contributed by atoms with Gasteiger partial charge in [0.1, 0.15) is 5.03 Å². The van der Waals surface area contributed by atoms with E-state index in [0.717, 1.165) is 57.0 Å². The van der Waals surface area contributed by atoms with Crippen LogP contribution in [0.25, 0.3) is 22.3 Å². The first-order valence-electron chi connectivity index (χ1n) is 9.54. The highest BCUT2D eigenvalue weighted by atomic mass is 32.2. The van der Waals surface area contributed by atoms with Gasteiger partial charge in [-0.15, -0.1) is 10.2 Å². The average Bonchev–Trinajstić information content (AvgIpc) is 3.45. The molecule has 8 heteroatoms. The second-order valence-electron chi connectivity index (χ2n) is 6.73. The summed E-state index contributed by atoms with van der Waals surface area (Å²) in [6.45, 7) is 1.63. The van der Waals surface area contributed by atoms with E-state index in [0.29, 0.717) is 5.82 Å². The molecule has 0 spiro atoms. The predicted molar refractivity (Wildman–Crippen MR) is 116 cm³/mol. The van der Waals surface area contributed by atoms with Crippen molar-refractivity contribution in [3.63, 3.8) is 0 Å². The maximum absolute atomic E-state index is 5.65. The summed E-state index contributed by atoms with van der Waals surface area (Å²) in [6, 6.07) is 18.1. The number of para-hydroxylation sites is 1. The third-order valence-electron chi connectivity index (χ3n) is 4.70. The fourth-order valence-corrected chi connectivity index (χ4v) is 5.04. The summed E-state index contributed by atoms with van der Waals surface area (Å²) < 4.78 is 6.50. The summed E-state index contributed by atoms with van der Waals surface area (Å²) >= 11 is 3.06. The van der Waals surface area contributed by atoms with Gasteiger partial charge >= 0.3 is 0 Å². The standard InChI is InChI=1S/C21H19N5OS2/c1-2-7-14(8-3-1)18-23-17-11-5-4-10-16(17)19(24-18)28-21-26-25-20(29-21)22-13-15-9-6-12-27-15/h1-5,7-8,10-11,15H,6,9,12-13H2,(H,22,25). The summed E-state index contributed by atoms with van der Waals surface area (Å²) in [4.78, 5) is 9.58. The molecule has 1 aliphatic rings. The minimum Gasteiger partial charge on any atom is -0.376 e. The van der Waals surface area contributed by atoms with Crippen LogP contribution in [0.3, 0.4) is 0 Å². The summed E-state index contributed by atoms with van der Waals surface area (Å²) in [7, 11) is 0. The normalized spacial score (nSPS) is 16.3. The average molecular weight is 422 g/mol. The highest BCUT2D eigenvalue weighted by Gasteiger charge is 2.17. The van der Waals surface area contributed by atoms with Crippen LogP contribution in [0.4, 0.5) is 5.13 Å². The molecule has 6 nitrogen and oxygen atoms in total. The van der Waals surface area contributed by atoms with E-state index in [1.807, 2.05) is 54.6 Å². The molecule has 0 aliphatic carbocycles. The second kappa shape index (κ2) is 8.44. The van der Waals surface area contributed by atoms with Crippen LogP contribution in [0.5, 0.6) is 0 Å². The highest BCUT2D eigenvalue weighted by molar-refractivity contribution is 8.01. The molecule has 29 heavy (non-hydrogen) atoms. The molecule has 0 bridgehead atoms. The Morgan fingerprint density at radius 3 is 2.76 bits per heavy atom. The molecule has 1 N–H and O–H groups in total. The molecule has 3 heterocycles. The van der Waals surface area contributed by atoms with Crippen LogP contribution in [-0.2, 0) is 4.74 Å². The number of nitrogens with zero attached hydrogens (tertiary/aromatic N) is 4. The van der Waals surface area contributed by atoms with Crippen LogP contribution < -0.4 is 5.32 Å². The lowest BCUT2D eigenvalue weighted by Crippen LogP contribution is -2.18. The topological polar surface area (TPSA) is 72.8 Å². The van der Waals surface area contributed by atoms with Crippen molar-refractivity contribution >= 4 is 39.1 Å². The molecule has 0 amide bonds. The Bertz CT molecular complexity index is 1110. The number of anilines is 1. The molecule has 2 aromatic carbocycles. The number of fused-ring (bicyclic) bond motifs is 1. The molecule has 2 aromatic heterocycles. The van der Waals surface area contributed by atoms with E-state index in [-0.39, 0.29) is 6.10 Å². The third kappa shape index (κ3) is 4.24. The molecule has 1 atom stereocenters. The van der Waals surface area contributed by atoms with E-state index in [2.05, 4.69) is 15.5 Å². The van der Waals surface area contributed by atoms with Crippen LogP contribution in [0.2, 0.25) is 0 Å². The summed E-state index contributed by atoms with van der Waals surface area (Å²) in [6.07, 6.45) is 2.51. The van der Waals surface area contributed by atoms with Gasteiger partial charge in [0, 0.05) is 24.1 Å². The van der Waals surface area contributed by atoms with Crippen LogP contribution in [0.15, 0.2) is 64.0 Å². The van der Waals surface area contributed by atoms with Gasteiger partial charge in [0.05, 0.1) is 11.6 Å². The smallest absolute Gasteiger partial charge is 0.206 e. The summed E-state index contributed by atoms with van der Waals surface area (Å²) in [5.41, 5.74) is 1.92. The molecule has 146 valence electrons. The van der Waals surface area contributed by atoms with E-state index in [1.54, 1.807) is 0 Å². The number of rotatable bonds is 6. The predicted octanol–water partition coefficient (Wildman–Crippen LogP) is 4.89. The maximum Gasteiger partial charge on any atom is 0.206 e. The largest absolute Gasteiger partial charge is 0.376 e. The monoisotopic (exact) mass is 421 g/mol. The Morgan fingerprint density at radius 1 is 1.03 bits per heavy atom. The summed E-state index contributed by atoms with van der Waals surface area (Å²) in [5, 5.41) is 14.7. The van der Waals surface area contributed by atoms with Gasteiger partial charge in [0.15, 0.2) is 10.2 Å². The zero-order chi connectivity index (χ0) is 19.5. The van der Waals surface area contributed by atoms with Crippen molar-refractivity contribution in [3.05, 3.63) is 54.6 Å². The minimum absolute atomic E-state index is 0.272. The number of benzene rings is 2. The first-order chi connectivity index (χ1) is 14.3. The maximum atomic E-state index is 5.65. The second-order valence-corrected chi connectivity index (χ2v) is 8.94. The Kier molecular flexibility index (Phi) is 5.38. The van der Waals surface area contributed by atoms with Crippen LogP contribution in [0.1, 0.15) is 12.8 Å². The van der Waals surface area contributed by atoms with Crippen molar-refractivity contribution in [2.45, 2.75) is 28.3 Å². The zero-order valence-corrected chi connectivity index (χ0v) is 17.2. The quantitative estimate of drug-likeness (QED) is 0.444. The van der Waals surface area contributed by atoms with Crippen molar-refractivity contribution in [2.75, 3.05) is 18.5 Å². The number of nitrogens with one attached hydrogen (secondary N) is 1. The van der Waals surface area contributed by atoms with Gasteiger partial charge in [-0.05, 0) is 30.7 Å². The molecular weight excluding hydrogens is 402 g/mol. The summed E-state index contributed by atoms with van der Waals surface area (Å²) in [5.74, 6) is 0.716. The zero-order valence-electron chi connectivity index (χ0n) is 15.6. The van der Waals surface area contributed by atoms with Gasteiger partial charge < -0.3 is 10.1 Å². The molecule has 0 saturated carbocycles. The Labute approximate surface area is 176 Å². The van der Waals surface area contributed by atoms with E-state index in [1.165, 1.54) is 23.1 Å². The fourth-order valence-electron chi connectivity index (χ4n) is 3.25. The SMILES string of the molecule is c1ccc(-c2nc(Sc3nnc(NCC4CCCO4)s3)c3ccccc3n2)cc1. The van der Waals surface area contributed by atoms with Gasteiger partial charge in [-0.25, -0.2) is 9.97 Å². The van der Waals surface area contributed by atoms with Crippen LogP contribution in [0, 0.1) is 0 Å². The van der Waals surface area contributed by atoms with E-state index >= 15 is 0 Å². The first-order valence-corrected chi connectivity index (χ1v) is 11.2. The van der Waals surface area contributed by atoms with E-state index < -0.39 is 0 Å². The Hall–Kier alpha value is -2.55. The van der Waals surface area contributed by atoms with Gasteiger partial charge in [-0.3, -0.25) is 0 Å². The van der Waals surface area contributed by atoms with E-state index in [4.69, 9.17) is 14.7 Å². The van der Waals surface area contributed by atoms with Gasteiger partial charge in [-0.1, -0.05) is 59.9 Å². The Morgan fingerprint density at radius 2 is 1.90 bits per heavy atom. The molecule has 1 aliphatic heterocycles. The minimum atomic E-state index is 0.272. The van der Waals surface area contributed by atoms with Gasteiger partial charge in [-0.2, -0.15) is 0 Å². The molecule has 5 rings (SSSR count). The molecule has 4 aromatic rings. The third-order valence-corrected chi connectivity index (χ3v) is 6.63. The highest BCUT2D eigenvalue weighted by Crippen LogP contribution is 2.35. The van der Waals surface area contributed by atoms with Crippen molar-refractivity contribution in [3.8, 4) is 11.4 Å². The van der Waals surface area contributed by atoms with Crippen LogP contribution >= 0.6 is 23.1 Å². The lowest BCUT2D eigenvalue weighted by molar-refractivity contribution is 0.120. The molecule has 1 saturated heterocycles. The van der Waals surface area contributed by atoms with Crippen molar-refractivity contribution in [1.29, 1.82) is 0 Å². The number of hydrogen-bond donors (Lipinski definition) is 1. The lowest BCUT2D eigenvalue weighted by Gasteiger charge is -2.08. The number of hydrogen-bond acceptors (Lipinski definition) is 8. The van der Waals surface area contributed by atoms with Crippen molar-refractivity contribution in [2.24, 2.45) is 0 Å². The lowest BCUT2D eigenvalue weighted by atomic mass is 10.2. The van der Waals surface area contributed by atoms with Gasteiger partial charge in [0.25, 0.3) is 0 Å². The van der Waals surface area contributed by atoms with Crippen LogP contribution in [-0.4, -0.2) is 39.4 Å². The number of aromatic nitrogens is 4. The van der Waals surface area contributed by atoms with E-state index in [9.17, 15) is 0 Å². The molecule has 1 fully saturated rings. The fraction of sp³-hybridized carbons (Fsp3) is 0.238.